The Bertz CT molecular complexity index is 421. The van der Waals surface area contributed by atoms with Crippen molar-refractivity contribution in [3.63, 3.8) is 0 Å². The van der Waals surface area contributed by atoms with Crippen LogP contribution in [0.3, 0.4) is 0 Å². The molecule has 0 saturated heterocycles. The van der Waals surface area contributed by atoms with Gasteiger partial charge in [-0.2, -0.15) is 0 Å². The molecule has 0 saturated carbocycles. The second kappa shape index (κ2) is 6.34. The molecule has 0 aromatic carbocycles. The van der Waals surface area contributed by atoms with Gasteiger partial charge in [-0.15, -0.1) is 0 Å². The molecule has 17 heavy (non-hydrogen) atoms. The molecule has 0 aliphatic heterocycles. The summed E-state index contributed by atoms with van der Waals surface area (Å²) in [7, 11) is 0. The molecule has 0 radical (unpaired) electrons. The van der Waals surface area contributed by atoms with Gasteiger partial charge >= 0.3 is 0 Å². The second-order valence-electron chi connectivity index (χ2n) is 3.75. The van der Waals surface area contributed by atoms with Gasteiger partial charge in [-0.1, -0.05) is 6.07 Å². The quantitative estimate of drug-likeness (QED) is 0.818. The number of amides is 2. The van der Waals surface area contributed by atoms with Crippen LogP contribution in [0.25, 0.3) is 0 Å². The van der Waals surface area contributed by atoms with Gasteiger partial charge in [0.2, 0.25) is 5.91 Å². The predicted octanol–water partition coefficient (Wildman–Crippen LogP) is 1.10. The van der Waals surface area contributed by atoms with E-state index in [2.05, 4.69) is 31.5 Å². The zero-order valence-electron chi connectivity index (χ0n) is 9.66. The van der Waals surface area contributed by atoms with Gasteiger partial charge in [-0.3, -0.25) is 9.59 Å². The maximum atomic E-state index is 11.6. The van der Waals surface area contributed by atoms with E-state index in [1.165, 1.54) is 0 Å². The minimum absolute atomic E-state index is 0.0504. The minimum atomic E-state index is -0.370. The van der Waals surface area contributed by atoms with Crippen molar-refractivity contribution in [3.8, 4) is 0 Å². The number of carbonyl (C=O) groups excluding carboxylic acids is 2. The zero-order chi connectivity index (χ0) is 12.8. The average molecular weight is 300 g/mol. The van der Waals surface area contributed by atoms with Crippen LogP contribution in [0.2, 0.25) is 0 Å². The Morgan fingerprint density at radius 3 is 2.71 bits per heavy atom. The first-order valence-electron chi connectivity index (χ1n) is 5.19. The molecule has 1 heterocycles. The Labute approximate surface area is 108 Å². The summed E-state index contributed by atoms with van der Waals surface area (Å²) in [5.41, 5.74) is 0.275. The molecule has 2 amide bonds. The van der Waals surface area contributed by atoms with E-state index in [0.717, 1.165) is 0 Å². The number of hydrogen-bond donors (Lipinski definition) is 2. The van der Waals surface area contributed by atoms with Crippen LogP contribution in [0, 0.1) is 0 Å². The number of pyridine rings is 1. The third-order valence-electron chi connectivity index (χ3n) is 1.81. The summed E-state index contributed by atoms with van der Waals surface area (Å²) < 4.78 is 0.580. The molecule has 2 N–H and O–H groups in total. The van der Waals surface area contributed by atoms with E-state index in [1.807, 2.05) is 13.8 Å². The fourth-order valence-corrected chi connectivity index (χ4v) is 1.50. The highest BCUT2D eigenvalue weighted by Gasteiger charge is 2.09. The highest BCUT2D eigenvalue weighted by atomic mass is 79.9. The van der Waals surface area contributed by atoms with E-state index in [4.69, 9.17) is 0 Å². The lowest BCUT2D eigenvalue weighted by atomic mass is 10.3. The van der Waals surface area contributed by atoms with Crippen molar-refractivity contribution in [2.75, 3.05) is 6.54 Å². The molecular formula is C11H14BrN3O2. The van der Waals surface area contributed by atoms with Gasteiger partial charge in [0.15, 0.2) is 0 Å². The van der Waals surface area contributed by atoms with Gasteiger partial charge in [-0.25, -0.2) is 4.98 Å². The largest absolute Gasteiger partial charge is 0.352 e. The van der Waals surface area contributed by atoms with E-state index in [0.29, 0.717) is 4.60 Å². The van der Waals surface area contributed by atoms with Crippen LogP contribution in [0.1, 0.15) is 24.3 Å². The summed E-state index contributed by atoms with van der Waals surface area (Å²) in [6.07, 6.45) is 0. The van der Waals surface area contributed by atoms with Crippen molar-refractivity contribution < 1.29 is 9.59 Å². The standard InChI is InChI=1S/C11H14BrN3O2/c1-7(2)14-10(16)6-13-11(17)8-4-3-5-9(12)15-8/h3-5,7H,6H2,1-2H3,(H,13,17)(H,14,16). The van der Waals surface area contributed by atoms with Crippen LogP contribution >= 0.6 is 15.9 Å². The summed E-state index contributed by atoms with van der Waals surface area (Å²) in [5.74, 6) is -0.589. The molecule has 0 spiro atoms. The van der Waals surface area contributed by atoms with Crippen LogP contribution < -0.4 is 10.6 Å². The molecular weight excluding hydrogens is 286 g/mol. The first-order chi connectivity index (χ1) is 7.99. The van der Waals surface area contributed by atoms with Gasteiger partial charge in [0.05, 0.1) is 6.54 Å². The third-order valence-corrected chi connectivity index (χ3v) is 2.25. The van der Waals surface area contributed by atoms with E-state index < -0.39 is 0 Å². The van der Waals surface area contributed by atoms with Gasteiger partial charge < -0.3 is 10.6 Å². The van der Waals surface area contributed by atoms with E-state index in [1.54, 1.807) is 18.2 Å². The van der Waals surface area contributed by atoms with Crippen LogP contribution in [-0.4, -0.2) is 29.4 Å². The summed E-state index contributed by atoms with van der Waals surface area (Å²) in [4.78, 5) is 26.9. The molecule has 0 unspecified atom stereocenters. The average Bonchev–Trinajstić information content (AvgIpc) is 2.25. The number of carbonyl (C=O) groups is 2. The van der Waals surface area contributed by atoms with Gasteiger partial charge in [0.1, 0.15) is 10.3 Å². The first kappa shape index (κ1) is 13.6. The fourth-order valence-electron chi connectivity index (χ4n) is 1.16. The molecule has 6 heteroatoms. The summed E-state index contributed by atoms with van der Waals surface area (Å²) in [5, 5.41) is 5.17. The van der Waals surface area contributed by atoms with E-state index in [-0.39, 0.29) is 30.1 Å². The first-order valence-corrected chi connectivity index (χ1v) is 5.98. The monoisotopic (exact) mass is 299 g/mol. The number of nitrogens with zero attached hydrogens (tertiary/aromatic N) is 1. The molecule has 5 nitrogen and oxygen atoms in total. The summed E-state index contributed by atoms with van der Waals surface area (Å²) >= 11 is 3.17. The Hall–Kier alpha value is -1.43. The van der Waals surface area contributed by atoms with Crippen molar-refractivity contribution in [2.24, 2.45) is 0 Å². The zero-order valence-corrected chi connectivity index (χ0v) is 11.2. The molecule has 0 aliphatic carbocycles. The Morgan fingerprint density at radius 1 is 1.41 bits per heavy atom. The Balaban J connectivity index is 2.48. The summed E-state index contributed by atoms with van der Waals surface area (Å²) in [6.45, 7) is 3.66. The predicted molar refractivity (Wildman–Crippen MR) is 67.5 cm³/mol. The number of hydrogen-bond acceptors (Lipinski definition) is 3. The van der Waals surface area contributed by atoms with Crippen LogP contribution in [0.5, 0.6) is 0 Å². The topological polar surface area (TPSA) is 71.1 Å². The fraction of sp³-hybridized carbons (Fsp3) is 0.364. The lowest BCUT2D eigenvalue weighted by Gasteiger charge is -2.09. The highest BCUT2D eigenvalue weighted by molar-refractivity contribution is 9.10. The lowest BCUT2D eigenvalue weighted by molar-refractivity contribution is -0.120. The second-order valence-corrected chi connectivity index (χ2v) is 4.56. The van der Waals surface area contributed by atoms with Crippen molar-refractivity contribution in [3.05, 3.63) is 28.5 Å². The molecule has 1 rings (SSSR count). The molecule has 1 aromatic rings. The molecule has 0 aliphatic rings. The lowest BCUT2D eigenvalue weighted by Crippen LogP contribution is -2.40. The van der Waals surface area contributed by atoms with Crippen LogP contribution in [0.15, 0.2) is 22.8 Å². The molecule has 0 fully saturated rings. The van der Waals surface area contributed by atoms with E-state index >= 15 is 0 Å². The SMILES string of the molecule is CC(C)NC(=O)CNC(=O)c1cccc(Br)n1. The molecule has 92 valence electrons. The van der Waals surface area contributed by atoms with E-state index in [9.17, 15) is 9.59 Å². The Kier molecular flexibility index (Phi) is 5.09. The number of halogens is 1. The number of nitrogens with one attached hydrogen (secondary N) is 2. The molecule has 0 atom stereocenters. The van der Waals surface area contributed by atoms with Crippen LogP contribution in [-0.2, 0) is 4.79 Å². The Morgan fingerprint density at radius 2 is 2.12 bits per heavy atom. The maximum Gasteiger partial charge on any atom is 0.270 e. The van der Waals surface area contributed by atoms with Crippen molar-refractivity contribution in [1.29, 1.82) is 0 Å². The van der Waals surface area contributed by atoms with Crippen LogP contribution in [0.4, 0.5) is 0 Å². The van der Waals surface area contributed by atoms with Gasteiger partial charge in [0.25, 0.3) is 5.91 Å². The highest BCUT2D eigenvalue weighted by Crippen LogP contribution is 2.05. The van der Waals surface area contributed by atoms with Gasteiger partial charge in [0, 0.05) is 6.04 Å². The van der Waals surface area contributed by atoms with Crippen molar-refractivity contribution >= 4 is 27.7 Å². The maximum absolute atomic E-state index is 11.6. The number of aromatic nitrogens is 1. The minimum Gasteiger partial charge on any atom is -0.352 e. The number of rotatable bonds is 4. The summed E-state index contributed by atoms with van der Waals surface area (Å²) in [6, 6.07) is 5.08. The normalized spacial score (nSPS) is 10.1. The molecule has 0 bridgehead atoms. The smallest absolute Gasteiger partial charge is 0.270 e. The third kappa shape index (κ3) is 4.95. The van der Waals surface area contributed by atoms with Crippen molar-refractivity contribution in [1.82, 2.24) is 15.6 Å². The molecule has 1 aromatic heterocycles. The van der Waals surface area contributed by atoms with Crippen molar-refractivity contribution in [2.45, 2.75) is 19.9 Å². The van der Waals surface area contributed by atoms with Gasteiger partial charge in [-0.05, 0) is 41.9 Å².